The van der Waals surface area contributed by atoms with Gasteiger partial charge in [-0.15, -0.1) is 0 Å². The minimum atomic E-state index is 0.399. The Bertz CT molecular complexity index is 1490. The second-order valence-corrected chi connectivity index (χ2v) is 9.01. The highest BCUT2D eigenvalue weighted by atomic mass is 32.1. The fourth-order valence-electron chi connectivity index (χ4n) is 4.06. The van der Waals surface area contributed by atoms with E-state index in [9.17, 15) is 0 Å². The van der Waals surface area contributed by atoms with E-state index in [0.717, 1.165) is 17.9 Å². The van der Waals surface area contributed by atoms with Crippen LogP contribution in [0.5, 0.6) is 23.0 Å². The molecule has 0 saturated heterocycles. The average molecular weight is 533 g/mol. The Labute approximate surface area is 224 Å². The number of ether oxygens (including phenoxy) is 4. The molecule has 0 aliphatic rings. The van der Waals surface area contributed by atoms with Crippen molar-refractivity contribution in [3.05, 3.63) is 65.1 Å². The van der Waals surface area contributed by atoms with Gasteiger partial charge in [-0.25, -0.2) is 4.98 Å². The lowest BCUT2D eigenvalue weighted by Crippen LogP contribution is -2.09. The smallest absolute Gasteiger partial charge is 0.231 e. The van der Waals surface area contributed by atoms with Gasteiger partial charge >= 0.3 is 0 Å². The van der Waals surface area contributed by atoms with Gasteiger partial charge in [-0.3, -0.25) is 4.57 Å². The molecule has 0 aliphatic heterocycles. The van der Waals surface area contributed by atoms with Gasteiger partial charge in [-0.2, -0.15) is 21.3 Å². The van der Waals surface area contributed by atoms with Crippen LogP contribution in [0, 0.1) is 0 Å². The van der Waals surface area contributed by atoms with Crippen LogP contribution >= 0.6 is 11.3 Å². The fraction of sp³-hybridized carbons (Fsp3) is 0.222. The van der Waals surface area contributed by atoms with Gasteiger partial charge in [-0.1, -0.05) is 12.1 Å². The first-order valence-corrected chi connectivity index (χ1v) is 12.8. The van der Waals surface area contributed by atoms with Crippen LogP contribution in [0.3, 0.4) is 0 Å². The van der Waals surface area contributed by atoms with E-state index in [0.29, 0.717) is 52.4 Å². The molecule has 2 N–H and O–H groups in total. The quantitative estimate of drug-likeness (QED) is 0.234. The van der Waals surface area contributed by atoms with Gasteiger partial charge in [0.05, 0.1) is 34.1 Å². The SMILES string of the molecule is COc1ccc(CCNc2nc(Nc3cc(OC)c(OC)c(OC)c3)nc3c2ncn3-c2ccsc2)cc1. The van der Waals surface area contributed by atoms with Crippen molar-refractivity contribution in [2.24, 2.45) is 0 Å². The van der Waals surface area contributed by atoms with Crippen LogP contribution in [0.2, 0.25) is 0 Å². The summed E-state index contributed by atoms with van der Waals surface area (Å²) in [6.07, 6.45) is 2.57. The number of fused-ring (bicyclic) bond motifs is 1. The second kappa shape index (κ2) is 11.3. The third kappa shape index (κ3) is 5.14. The molecule has 0 unspecified atom stereocenters. The van der Waals surface area contributed by atoms with Crippen molar-refractivity contribution in [1.29, 1.82) is 0 Å². The first kappa shape index (κ1) is 25.2. The van der Waals surface area contributed by atoms with Crippen LogP contribution in [0.4, 0.5) is 17.5 Å². The maximum Gasteiger partial charge on any atom is 0.231 e. The largest absolute Gasteiger partial charge is 0.497 e. The van der Waals surface area contributed by atoms with E-state index in [2.05, 4.69) is 27.8 Å². The molecule has 0 bridgehead atoms. The molecule has 11 heteroatoms. The molecule has 10 nitrogen and oxygen atoms in total. The normalized spacial score (nSPS) is 10.8. The number of nitrogens with one attached hydrogen (secondary N) is 2. The fourth-order valence-corrected chi connectivity index (χ4v) is 4.69. The lowest BCUT2D eigenvalue weighted by molar-refractivity contribution is 0.324. The summed E-state index contributed by atoms with van der Waals surface area (Å²) in [6, 6.07) is 13.7. The summed E-state index contributed by atoms with van der Waals surface area (Å²) in [5, 5.41) is 10.8. The second-order valence-electron chi connectivity index (χ2n) is 8.23. The van der Waals surface area contributed by atoms with Crippen LogP contribution in [0.25, 0.3) is 16.9 Å². The highest BCUT2D eigenvalue weighted by Gasteiger charge is 2.17. The number of aromatic nitrogens is 4. The summed E-state index contributed by atoms with van der Waals surface area (Å²) in [4.78, 5) is 14.2. The number of imidazole rings is 1. The summed E-state index contributed by atoms with van der Waals surface area (Å²) in [6.45, 7) is 0.660. The summed E-state index contributed by atoms with van der Waals surface area (Å²) in [5.41, 5.74) is 4.22. The molecule has 3 heterocycles. The Morgan fingerprint density at radius 1 is 0.895 bits per heavy atom. The van der Waals surface area contributed by atoms with Gasteiger partial charge in [-0.05, 0) is 35.6 Å². The summed E-state index contributed by atoms with van der Waals surface area (Å²) in [5.74, 6) is 3.42. The van der Waals surface area contributed by atoms with E-state index in [1.165, 1.54) is 5.56 Å². The zero-order valence-corrected chi connectivity index (χ0v) is 22.3. The van der Waals surface area contributed by atoms with Crippen molar-refractivity contribution >= 4 is 40.0 Å². The van der Waals surface area contributed by atoms with Gasteiger partial charge in [0.1, 0.15) is 12.1 Å². The molecule has 196 valence electrons. The van der Waals surface area contributed by atoms with Crippen molar-refractivity contribution in [3.63, 3.8) is 0 Å². The Morgan fingerprint density at radius 2 is 1.66 bits per heavy atom. The number of nitrogens with zero attached hydrogens (tertiary/aromatic N) is 4. The van der Waals surface area contributed by atoms with E-state index in [1.807, 2.05) is 45.7 Å². The third-order valence-corrected chi connectivity index (χ3v) is 6.64. The van der Waals surface area contributed by atoms with E-state index in [1.54, 1.807) is 46.1 Å². The molecular weight excluding hydrogens is 504 g/mol. The van der Waals surface area contributed by atoms with E-state index < -0.39 is 0 Å². The zero-order valence-electron chi connectivity index (χ0n) is 21.5. The Hall–Kier alpha value is -4.51. The Balaban J connectivity index is 1.48. The van der Waals surface area contributed by atoms with Gasteiger partial charge in [0.2, 0.25) is 11.7 Å². The number of rotatable bonds is 11. The number of benzene rings is 2. The molecule has 5 rings (SSSR count). The van der Waals surface area contributed by atoms with Crippen LogP contribution in [-0.2, 0) is 6.42 Å². The topological polar surface area (TPSA) is 105 Å². The molecule has 0 amide bonds. The van der Waals surface area contributed by atoms with Crippen LogP contribution < -0.4 is 29.6 Å². The maximum absolute atomic E-state index is 5.50. The molecule has 0 atom stereocenters. The average Bonchev–Trinajstić information content (AvgIpc) is 3.63. The Kier molecular flexibility index (Phi) is 7.45. The standard InChI is InChI=1S/C27H28N6O4S/c1-34-20-7-5-17(6-8-20)9-11-28-25-23-26(33(16-29-23)19-10-12-38-15-19)32-27(31-25)30-18-13-21(35-2)24(37-4)22(14-18)36-3/h5-8,10,12-16H,9,11H2,1-4H3,(H2,28,30,31,32). The van der Waals surface area contributed by atoms with Crippen molar-refractivity contribution in [1.82, 2.24) is 19.5 Å². The zero-order chi connectivity index (χ0) is 26.5. The van der Waals surface area contributed by atoms with Crippen molar-refractivity contribution in [2.75, 3.05) is 45.6 Å². The van der Waals surface area contributed by atoms with Crippen LogP contribution in [0.15, 0.2) is 59.6 Å². The Morgan fingerprint density at radius 3 is 2.29 bits per heavy atom. The minimum Gasteiger partial charge on any atom is -0.497 e. The first-order valence-electron chi connectivity index (χ1n) is 11.8. The number of thiophene rings is 1. The summed E-state index contributed by atoms with van der Waals surface area (Å²) >= 11 is 1.61. The van der Waals surface area contributed by atoms with Crippen LogP contribution in [0.1, 0.15) is 5.56 Å². The molecule has 0 spiro atoms. The van der Waals surface area contributed by atoms with Gasteiger partial charge in [0.25, 0.3) is 0 Å². The predicted molar refractivity (Wildman–Crippen MR) is 149 cm³/mol. The monoisotopic (exact) mass is 532 g/mol. The number of anilines is 3. The van der Waals surface area contributed by atoms with Crippen molar-refractivity contribution in [3.8, 4) is 28.7 Å². The molecule has 0 saturated carbocycles. The highest BCUT2D eigenvalue weighted by Crippen LogP contribution is 2.40. The summed E-state index contributed by atoms with van der Waals surface area (Å²) in [7, 11) is 6.39. The van der Waals surface area contributed by atoms with Crippen molar-refractivity contribution in [2.45, 2.75) is 6.42 Å². The number of hydrogen-bond acceptors (Lipinski definition) is 10. The molecule has 0 radical (unpaired) electrons. The lowest BCUT2D eigenvalue weighted by atomic mass is 10.1. The third-order valence-electron chi connectivity index (χ3n) is 5.97. The van der Waals surface area contributed by atoms with E-state index in [-0.39, 0.29) is 0 Å². The van der Waals surface area contributed by atoms with E-state index >= 15 is 0 Å². The molecule has 3 aromatic heterocycles. The minimum absolute atomic E-state index is 0.399. The lowest BCUT2D eigenvalue weighted by Gasteiger charge is -2.15. The molecular formula is C27H28N6O4S. The molecule has 38 heavy (non-hydrogen) atoms. The first-order chi connectivity index (χ1) is 18.6. The molecule has 2 aromatic carbocycles. The van der Waals surface area contributed by atoms with Gasteiger partial charge in [0.15, 0.2) is 28.5 Å². The number of hydrogen-bond donors (Lipinski definition) is 2. The predicted octanol–water partition coefficient (Wildman–Crippen LogP) is 5.31. The highest BCUT2D eigenvalue weighted by molar-refractivity contribution is 7.08. The van der Waals surface area contributed by atoms with E-state index in [4.69, 9.17) is 28.9 Å². The summed E-state index contributed by atoms with van der Waals surface area (Å²) < 4.78 is 23.6. The number of methoxy groups -OCH3 is 4. The van der Waals surface area contributed by atoms with Crippen LogP contribution in [-0.4, -0.2) is 54.5 Å². The maximum atomic E-state index is 5.50. The molecule has 5 aromatic rings. The van der Waals surface area contributed by atoms with Gasteiger partial charge < -0.3 is 29.6 Å². The van der Waals surface area contributed by atoms with Gasteiger partial charge in [0, 0.05) is 29.7 Å². The molecule has 0 aliphatic carbocycles. The van der Waals surface area contributed by atoms with Crippen molar-refractivity contribution < 1.29 is 18.9 Å². The molecule has 0 fully saturated rings.